The third kappa shape index (κ3) is 3.64. The van der Waals surface area contributed by atoms with Crippen LogP contribution in [0.25, 0.3) is 16.9 Å². The second kappa shape index (κ2) is 8.37. The van der Waals surface area contributed by atoms with Gasteiger partial charge in [-0.3, -0.25) is 0 Å². The second-order valence-electron chi connectivity index (χ2n) is 6.24. The Balaban J connectivity index is 1.63. The smallest absolute Gasteiger partial charge is 0.368 e. The molecule has 0 spiro atoms. The summed E-state index contributed by atoms with van der Waals surface area (Å²) in [6.07, 6.45) is 0. The lowest BCUT2D eigenvalue weighted by atomic mass is 10.1. The zero-order valence-corrected chi connectivity index (χ0v) is 17.4. The highest BCUT2D eigenvalue weighted by molar-refractivity contribution is 7.11. The minimum atomic E-state index is -0.364. The Morgan fingerprint density at radius 3 is 2.50 bits per heavy atom. The third-order valence-corrected chi connectivity index (χ3v) is 5.24. The molecule has 10 heteroatoms. The van der Waals surface area contributed by atoms with E-state index < -0.39 is 0 Å². The fourth-order valence-electron chi connectivity index (χ4n) is 2.99. The molecule has 2 aromatic heterocycles. The van der Waals surface area contributed by atoms with E-state index in [1.165, 1.54) is 23.1 Å². The fourth-order valence-corrected chi connectivity index (χ4v) is 3.66. The van der Waals surface area contributed by atoms with Crippen molar-refractivity contribution in [2.45, 2.75) is 6.61 Å². The third-order valence-electron chi connectivity index (χ3n) is 4.48. The summed E-state index contributed by atoms with van der Waals surface area (Å²) in [6.45, 7) is 0.140. The van der Waals surface area contributed by atoms with Crippen LogP contribution in [-0.2, 0) is 13.7 Å². The average Bonchev–Trinajstić information content (AvgIpc) is 3.38. The summed E-state index contributed by atoms with van der Waals surface area (Å²) in [5.41, 5.74) is 2.48. The van der Waals surface area contributed by atoms with Crippen LogP contribution in [0.4, 0.5) is 0 Å². The molecule has 4 rings (SSSR count). The molecule has 2 aromatic carbocycles. The van der Waals surface area contributed by atoms with Crippen LogP contribution >= 0.6 is 11.3 Å². The lowest BCUT2D eigenvalue weighted by Gasteiger charge is -2.12. The summed E-state index contributed by atoms with van der Waals surface area (Å²) in [5, 5.41) is 10.1. The first-order valence-electron chi connectivity index (χ1n) is 8.99. The van der Waals surface area contributed by atoms with Gasteiger partial charge in [0, 0.05) is 18.0 Å². The van der Waals surface area contributed by atoms with Crippen molar-refractivity contribution in [3.8, 4) is 33.6 Å². The van der Waals surface area contributed by atoms with Crippen LogP contribution in [0.2, 0.25) is 0 Å². The van der Waals surface area contributed by atoms with Crippen molar-refractivity contribution in [2.24, 2.45) is 7.05 Å². The van der Waals surface area contributed by atoms with E-state index in [0.29, 0.717) is 22.2 Å². The van der Waals surface area contributed by atoms with Crippen LogP contribution < -0.4 is 19.9 Å². The van der Waals surface area contributed by atoms with Crippen LogP contribution in [-0.4, -0.2) is 39.0 Å². The summed E-state index contributed by atoms with van der Waals surface area (Å²) in [5.74, 6) is 1.31. The van der Waals surface area contributed by atoms with E-state index >= 15 is 0 Å². The van der Waals surface area contributed by atoms with Crippen LogP contribution in [0, 0.1) is 0 Å². The van der Waals surface area contributed by atoms with Crippen molar-refractivity contribution in [3.63, 3.8) is 0 Å². The molecule has 9 nitrogen and oxygen atoms in total. The van der Waals surface area contributed by atoms with Gasteiger partial charge in [0.05, 0.1) is 31.2 Å². The molecule has 0 bridgehead atoms. The molecule has 0 aliphatic heterocycles. The number of hydrogen-bond donors (Lipinski definition) is 0. The van der Waals surface area contributed by atoms with Gasteiger partial charge in [0.1, 0.15) is 18.1 Å². The maximum absolute atomic E-state index is 12.3. The summed E-state index contributed by atoms with van der Waals surface area (Å²) in [4.78, 5) is 16.9. The first-order valence-corrected chi connectivity index (χ1v) is 9.87. The number of benzene rings is 2. The highest BCUT2D eigenvalue weighted by atomic mass is 32.1. The Kier molecular flexibility index (Phi) is 5.48. The minimum absolute atomic E-state index is 0.140. The van der Waals surface area contributed by atoms with Crippen molar-refractivity contribution in [1.29, 1.82) is 0 Å². The van der Waals surface area contributed by atoms with Crippen molar-refractivity contribution >= 4 is 11.3 Å². The van der Waals surface area contributed by atoms with Gasteiger partial charge in [0.15, 0.2) is 0 Å². The summed E-state index contributed by atoms with van der Waals surface area (Å²) < 4.78 is 19.2. The molecule has 0 unspecified atom stereocenters. The SMILES string of the molecule is COc1ccccc1-c1csc(OCc2c(OC)cccc2-n2nnn(C)c2=O)n1. The number of aryl methyl sites for hydroxylation is 1. The van der Waals surface area contributed by atoms with E-state index in [2.05, 4.69) is 15.4 Å². The second-order valence-corrected chi connectivity index (χ2v) is 7.06. The lowest BCUT2D eigenvalue weighted by Crippen LogP contribution is -2.23. The monoisotopic (exact) mass is 425 g/mol. The Labute approximate surface area is 176 Å². The molecule has 0 fully saturated rings. The zero-order chi connectivity index (χ0) is 21.1. The van der Waals surface area contributed by atoms with Crippen LogP contribution in [0.15, 0.2) is 52.6 Å². The first-order chi connectivity index (χ1) is 14.6. The van der Waals surface area contributed by atoms with E-state index in [1.54, 1.807) is 32.4 Å². The standard InChI is InChI=1S/C20H19N5O4S/c1-24-20(26)25(23-22-24)16-8-6-10-18(28-3)14(16)11-29-19-21-15(12-30-19)13-7-4-5-9-17(13)27-2/h4-10,12H,11H2,1-3H3. The number of tetrazole rings is 1. The molecule has 0 aliphatic rings. The van der Waals surface area contributed by atoms with Crippen LogP contribution in [0.3, 0.4) is 0 Å². The molecule has 30 heavy (non-hydrogen) atoms. The molecule has 0 aliphatic carbocycles. The quantitative estimate of drug-likeness (QED) is 0.449. The van der Waals surface area contributed by atoms with Crippen molar-refractivity contribution in [3.05, 3.63) is 63.9 Å². The van der Waals surface area contributed by atoms with E-state index in [0.717, 1.165) is 21.7 Å². The Bertz CT molecular complexity index is 1230. The molecular weight excluding hydrogens is 406 g/mol. The number of nitrogens with zero attached hydrogens (tertiary/aromatic N) is 5. The molecule has 0 N–H and O–H groups in total. The van der Waals surface area contributed by atoms with Gasteiger partial charge in [-0.1, -0.05) is 29.5 Å². The largest absolute Gasteiger partial charge is 0.496 e. The predicted octanol–water partition coefficient (Wildman–Crippen LogP) is 2.69. The fraction of sp³-hybridized carbons (Fsp3) is 0.200. The van der Waals surface area contributed by atoms with Gasteiger partial charge in [-0.15, -0.1) is 0 Å². The Morgan fingerprint density at radius 1 is 1.00 bits per heavy atom. The van der Waals surface area contributed by atoms with E-state index in [9.17, 15) is 4.79 Å². The Morgan fingerprint density at radius 2 is 1.77 bits per heavy atom. The van der Waals surface area contributed by atoms with E-state index in [-0.39, 0.29) is 12.3 Å². The molecule has 0 radical (unpaired) electrons. The van der Waals surface area contributed by atoms with Crippen LogP contribution in [0.1, 0.15) is 5.56 Å². The summed E-state index contributed by atoms with van der Waals surface area (Å²) in [7, 11) is 4.72. The number of para-hydroxylation sites is 1. The maximum atomic E-state index is 12.3. The van der Waals surface area contributed by atoms with E-state index in [1.807, 2.05) is 29.6 Å². The van der Waals surface area contributed by atoms with Gasteiger partial charge in [-0.25, -0.2) is 9.78 Å². The molecule has 0 saturated heterocycles. The van der Waals surface area contributed by atoms with Crippen molar-refractivity contribution in [2.75, 3.05) is 14.2 Å². The van der Waals surface area contributed by atoms with Crippen LogP contribution in [0.5, 0.6) is 16.7 Å². The highest BCUT2D eigenvalue weighted by Gasteiger charge is 2.17. The van der Waals surface area contributed by atoms with E-state index in [4.69, 9.17) is 14.2 Å². The molecule has 0 atom stereocenters. The van der Waals surface area contributed by atoms with Crippen molar-refractivity contribution < 1.29 is 14.2 Å². The predicted molar refractivity (Wildman–Crippen MR) is 112 cm³/mol. The van der Waals surface area contributed by atoms with Gasteiger partial charge in [0.2, 0.25) is 0 Å². The van der Waals surface area contributed by atoms with Gasteiger partial charge in [-0.2, -0.15) is 9.36 Å². The number of thiazole rings is 1. The molecule has 154 valence electrons. The number of rotatable bonds is 7. The molecular formula is C20H19N5O4S. The topological polar surface area (TPSA) is 93.3 Å². The van der Waals surface area contributed by atoms with Gasteiger partial charge in [0.25, 0.3) is 5.19 Å². The van der Waals surface area contributed by atoms with Gasteiger partial charge >= 0.3 is 5.69 Å². The maximum Gasteiger partial charge on any atom is 0.368 e. The number of hydrogen-bond acceptors (Lipinski definition) is 8. The molecule has 0 amide bonds. The number of ether oxygens (including phenoxy) is 3. The number of aromatic nitrogens is 5. The summed E-state index contributed by atoms with van der Waals surface area (Å²) >= 11 is 1.37. The molecule has 4 aromatic rings. The van der Waals surface area contributed by atoms with Gasteiger partial charge < -0.3 is 14.2 Å². The zero-order valence-electron chi connectivity index (χ0n) is 16.6. The lowest BCUT2D eigenvalue weighted by molar-refractivity contribution is 0.294. The minimum Gasteiger partial charge on any atom is -0.496 e. The normalized spacial score (nSPS) is 10.8. The average molecular weight is 425 g/mol. The molecule has 0 saturated carbocycles. The Hall–Kier alpha value is -3.66. The first kappa shape index (κ1) is 19.6. The van der Waals surface area contributed by atoms with Gasteiger partial charge in [-0.05, 0) is 34.7 Å². The molecule has 2 heterocycles. The van der Waals surface area contributed by atoms with Crippen molar-refractivity contribution in [1.82, 2.24) is 24.8 Å². The summed E-state index contributed by atoms with van der Waals surface area (Å²) in [6, 6.07) is 13.0. The highest BCUT2D eigenvalue weighted by Crippen LogP contribution is 2.33. The number of methoxy groups -OCH3 is 2.